The second-order valence-corrected chi connectivity index (χ2v) is 9.41. The van der Waals surface area contributed by atoms with E-state index in [2.05, 4.69) is 4.98 Å². The maximum atomic E-state index is 13.1. The molecular weight excluding hydrogens is 444 g/mol. The smallest absolute Gasteiger partial charge is 0.339 e. The van der Waals surface area contributed by atoms with E-state index in [9.17, 15) is 9.59 Å². The molecule has 2 aromatic heterocycles. The predicted molar refractivity (Wildman–Crippen MR) is 127 cm³/mol. The van der Waals surface area contributed by atoms with Crippen LogP contribution in [-0.2, 0) is 16.0 Å². The molecule has 2 aromatic carbocycles. The molecule has 4 aromatic rings. The summed E-state index contributed by atoms with van der Waals surface area (Å²) in [6.45, 7) is 1.67. The topological polar surface area (TPSA) is 59.5 Å². The van der Waals surface area contributed by atoms with Crippen LogP contribution in [0, 0.1) is 0 Å². The molecule has 7 heteroatoms. The van der Waals surface area contributed by atoms with Crippen molar-refractivity contribution in [1.29, 1.82) is 0 Å². The van der Waals surface area contributed by atoms with Gasteiger partial charge in [0.15, 0.2) is 6.61 Å². The van der Waals surface area contributed by atoms with E-state index in [0.29, 0.717) is 26.5 Å². The van der Waals surface area contributed by atoms with Gasteiger partial charge in [0.1, 0.15) is 0 Å². The molecule has 0 radical (unpaired) electrons. The van der Waals surface area contributed by atoms with Crippen molar-refractivity contribution < 1.29 is 14.3 Å². The van der Waals surface area contributed by atoms with Crippen LogP contribution in [0.15, 0.2) is 66.7 Å². The van der Waals surface area contributed by atoms with Gasteiger partial charge in [0.05, 0.1) is 26.0 Å². The van der Waals surface area contributed by atoms with Gasteiger partial charge in [0, 0.05) is 17.1 Å². The van der Waals surface area contributed by atoms with Crippen molar-refractivity contribution in [1.82, 2.24) is 4.98 Å². The highest BCUT2D eigenvalue weighted by Crippen LogP contribution is 2.33. The van der Waals surface area contributed by atoms with E-state index in [-0.39, 0.29) is 18.6 Å². The van der Waals surface area contributed by atoms with Crippen molar-refractivity contribution >= 4 is 51.4 Å². The third-order valence-electron chi connectivity index (χ3n) is 5.56. The number of esters is 1. The maximum absolute atomic E-state index is 13.1. The Hall–Kier alpha value is -3.22. The molecule has 3 heterocycles. The molecular formula is C25H19ClN2O3S. The Bertz CT molecular complexity index is 1350. The van der Waals surface area contributed by atoms with Crippen LogP contribution >= 0.6 is 22.9 Å². The minimum absolute atomic E-state index is 0.0236. The van der Waals surface area contributed by atoms with E-state index in [1.54, 1.807) is 17.0 Å². The van der Waals surface area contributed by atoms with Gasteiger partial charge < -0.3 is 9.64 Å². The number of benzene rings is 2. The first kappa shape index (κ1) is 20.7. The van der Waals surface area contributed by atoms with E-state index >= 15 is 0 Å². The summed E-state index contributed by atoms with van der Waals surface area (Å²) in [6.07, 6.45) is 0.789. The quantitative estimate of drug-likeness (QED) is 0.362. The van der Waals surface area contributed by atoms with Crippen LogP contribution in [0.5, 0.6) is 0 Å². The molecule has 32 heavy (non-hydrogen) atoms. The molecule has 1 aliphatic heterocycles. The number of hydrogen-bond donors (Lipinski definition) is 0. The van der Waals surface area contributed by atoms with Crippen molar-refractivity contribution in [3.8, 4) is 10.6 Å². The maximum Gasteiger partial charge on any atom is 0.339 e. The predicted octanol–water partition coefficient (Wildman–Crippen LogP) is 5.75. The largest absolute Gasteiger partial charge is 0.452 e. The molecule has 0 fully saturated rings. The number of rotatable bonds is 4. The van der Waals surface area contributed by atoms with Crippen LogP contribution in [-0.4, -0.2) is 29.5 Å². The molecule has 5 rings (SSSR count). The summed E-state index contributed by atoms with van der Waals surface area (Å²) in [7, 11) is 0. The monoisotopic (exact) mass is 462 g/mol. The van der Waals surface area contributed by atoms with Crippen molar-refractivity contribution in [2.75, 3.05) is 11.5 Å². The highest BCUT2D eigenvalue weighted by atomic mass is 35.5. The molecule has 0 bridgehead atoms. The number of carbonyl (C=O) groups is 2. The number of carbonyl (C=O) groups excluding carboxylic acids is 2. The fraction of sp³-hybridized carbons (Fsp3) is 0.160. The first-order valence-corrected chi connectivity index (χ1v) is 11.4. The van der Waals surface area contributed by atoms with Crippen molar-refractivity contribution in [3.05, 3.63) is 82.2 Å². The number of anilines is 1. The molecule has 0 saturated carbocycles. The first-order valence-electron chi connectivity index (χ1n) is 10.2. The Morgan fingerprint density at radius 1 is 1.12 bits per heavy atom. The SMILES string of the molecule is CC1Cc2ccccc2N1C(=O)COC(=O)c1cc(-c2ccc(Cl)s2)nc2ccccc12. The molecule has 160 valence electrons. The highest BCUT2D eigenvalue weighted by molar-refractivity contribution is 7.19. The molecule has 1 atom stereocenters. The second-order valence-electron chi connectivity index (χ2n) is 7.70. The fourth-order valence-corrected chi connectivity index (χ4v) is 5.15. The Balaban J connectivity index is 1.41. The van der Waals surface area contributed by atoms with Gasteiger partial charge in [0.25, 0.3) is 5.91 Å². The zero-order valence-electron chi connectivity index (χ0n) is 17.2. The van der Waals surface area contributed by atoms with Gasteiger partial charge in [-0.2, -0.15) is 0 Å². The van der Waals surface area contributed by atoms with Crippen LogP contribution in [0.3, 0.4) is 0 Å². The minimum Gasteiger partial charge on any atom is -0.452 e. The number of fused-ring (bicyclic) bond motifs is 2. The number of hydrogen-bond acceptors (Lipinski definition) is 5. The zero-order valence-corrected chi connectivity index (χ0v) is 18.8. The third-order valence-corrected chi connectivity index (χ3v) is 6.82. The lowest BCUT2D eigenvalue weighted by Gasteiger charge is -2.22. The molecule has 5 nitrogen and oxygen atoms in total. The average Bonchev–Trinajstić information content (AvgIpc) is 3.38. The highest BCUT2D eigenvalue weighted by Gasteiger charge is 2.31. The van der Waals surface area contributed by atoms with Gasteiger partial charge in [-0.1, -0.05) is 48.0 Å². The summed E-state index contributed by atoms with van der Waals surface area (Å²) in [5.74, 6) is -0.791. The average molecular weight is 463 g/mol. The number of amides is 1. The number of ether oxygens (including phenoxy) is 1. The standard InChI is InChI=1S/C25H19ClN2O3S/c1-15-12-16-6-2-5-9-21(16)28(15)24(29)14-31-25(30)18-13-20(22-10-11-23(26)32-22)27-19-8-4-3-7-17(18)19/h2-11,13,15H,12,14H2,1H3. The molecule has 0 saturated heterocycles. The summed E-state index contributed by atoms with van der Waals surface area (Å²) < 4.78 is 6.13. The van der Waals surface area contributed by atoms with Crippen LogP contribution in [0.2, 0.25) is 4.34 Å². The van der Waals surface area contributed by atoms with Crippen LogP contribution in [0.4, 0.5) is 5.69 Å². The second kappa shape index (κ2) is 8.37. The molecule has 1 amide bonds. The third kappa shape index (κ3) is 3.76. The van der Waals surface area contributed by atoms with Crippen molar-refractivity contribution in [3.63, 3.8) is 0 Å². The Morgan fingerprint density at radius 2 is 1.91 bits per heavy atom. The van der Waals surface area contributed by atoms with E-state index in [1.807, 2.05) is 61.5 Å². The summed E-state index contributed by atoms with van der Waals surface area (Å²) in [6, 6.07) is 20.6. The van der Waals surface area contributed by atoms with Gasteiger partial charge in [-0.25, -0.2) is 9.78 Å². The molecule has 1 aliphatic rings. The van der Waals surface area contributed by atoms with Gasteiger partial charge >= 0.3 is 5.97 Å². The molecule has 0 spiro atoms. The van der Waals surface area contributed by atoms with Crippen molar-refractivity contribution in [2.45, 2.75) is 19.4 Å². The minimum atomic E-state index is -0.555. The number of aromatic nitrogens is 1. The number of para-hydroxylation sites is 2. The summed E-state index contributed by atoms with van der Waals surface area (Å²) >= 11 is 7.47. The first-order chi connectivity index (χ1) is 15.5. The zero-order chi connectivity index (χ0) is 22.2. The summed E-state index contributed by atoms with van der Waals surface area (Å²) in [5.41, 5.74) is 3.69. The molecule has 0 aliphatic carbocycles. The number of pyridine rings is 1. The molecule has 0 N–H and O–H groups in total. The number of thiophene rings is 1. The fourth-order valence-electron chi connectivity index (χ4n) is 4.14. The Labute approximate surface area is 194 Å². The lowest BCUT2D eigenvalue weighted by Crippen LogP contribution is -2.38. The van der Waals surface area contributed by atoms with Gasteiger partial charge in [-0.05, 0) is 49.2 Å². The van der Waals surface area contributed by atoms with Crippen molar-refractivity contribution in [2.24, 2.45) is 0 Å². The van der Waals surface area contributed by atoms with Gasteiger partial charge in [0.2, 0.25) is 0 Å². The van der Waals surface area contributed by atoms with E-state index < -0.39 is 5.97 Å². The van der Waals surface area contributed by atoms with E-state index in [1.165, 1.54) is 11.3 Å². The van der Waals surface area contributed by atoms with Crippen LogP contribution in [0.1, 0.15) is 22.8 Å². The Morgan fingerprint density at radius 3 is 2.72 bits per heavy atom. The van der Waals surface area contributed by atoms with Gasteiger partial charge in [-0.3, -0.25) is 4.79 Å². The molecule has 1 unspecified atom stereocenters. The number of halogens is 1. The van der Waals surface area contributed by atoms with E-state index in [4.69, 9.17) is 16.3 Å². The normalized spacial score (nSPS) is 15.1. The number of nitrogens with zero attached hydrogens (tertiary/aromatic N) is 2. The van der Waals surface area contributed by atoms with Crippen LogP contribution in [0.25, 0.3) is 21.5 Å². The lowest BCUT2D eigenvalue weighted by atomic mass is 10.1. The van der Waals surface area contributed by atoms with Crippen LogP contribution < -0.4 is 4.90 Å². The summed E-state index contributed by atoms with van der Waals surface area (Å²) in [5, 5.41) is 0.677. The van der Waals surface area contributed by atoms with E-state index in [0.717, 1.165) is 22.5 Å². The Kier molecular flexibility index (Phi) is 5.41. The summed E-state index contributed by atoms with van der Waals surface area (Å²) in [4.78, 5) is 33.2. The lowest BCUT2D eigenvalue weighted by molar-refractivity contribution is -0.122. The van der Waals surface area contributed by atoms with Gasteiger partial charge in [-0.15, -0.1) is 11.3 Å².